The van der Waals surface area contributed by atoms with Crippen molar-refractivity contribution in [3.63, 3.8) is 0 Å². The number of halogens is 1. The van der Waals surface area contributed by atoms with Crippen molar-refractivity contribution >= 4 is 11.6 Å². The fourth-order valence-corrected chi connectivity index (χ4v) is 1.50. The topological polar surface area (TPSA) is 17.8 Å². The molecule has 0 fully saturated rings. The largest absolute Gasteiger partial charge is 0.306 e. The van der Waals surface area contributed by atoms with Crippen molar-refractivity contribution in [2.45, 2.75) is 12.8 Å². The smallest absolute Gasteiger partial charge is 0.0995 e. The van der Waals surface area contributed by atoms with Crippen LogP contribution in [0.4, 0.5) is 0 Å². The molecule has 0 aliphatic heterocycles. The standard InChI is InChI=1S/C11H11ClN2/c1-9-7-14(8-13-9)11-4-2-10(6-12)3-5-11/h2-5,7-8H,6H2,1H3. The van der Waals surface area contributed by atoms with Crippen LogP contribution < -0.4 is 0 Å². The quantitative estimate of drug-likeness (QED) is 0.691. The van der Waals surface area contributed by atoms with Gasteiger partial charge in [0.25, 0.3) is 0 Å². The van der Waals surface area contributed by atoms with Crippen LogP contribution in [0.5, 0.6) is 0 Å². The van der Waals surface area contributed by atoms with Crippen molar-refractivity contribution in [1.82, 2.24) is 9.55 Å². The first-order valence-electron chi connectivity index (χ1n) is 4.45. The molecule has 72 valence electrons. The van der Waals surface area contributed by atoms with E-state index in [9.17, 15) is 0 Å². The fraction of sp³-hybridized carbons (Fsp3) is 0.182. The van der Waals surface area contributed by atoms with Crippen LogP contribution in [0.1, 0.15) is 11.3 Å². The van der Waals surface area contributed by atoms with E-state index in [2.05, 4.69) is 4.98 Å². The molecule has 1 aromatic carbocycles. The molecule has 0 aliphatic rings. The van der Waals surface area contributed by atoms with Crippen molar-refractivity contribution in [3.8, 4) is 5.69 Å². The van der Waals surface area contributed by atoms with Gasteiger partial charge in [0.15, 0.2) is 0 Å². The average Bonchev–Trinajstić information content (AvgIpc) is 2.65. The van der Waals surface area contributed by atoms with E-state index in [1.54, 1.807) is 0 Å². The zero-order chi connectivity index (χ0) is 9.97. The number of aromatic nitrogens is 2. The van der Waals surface area contributed by atoms with Gasteiger partial charge >= 0.3 is 0 Å². The Hall–Kier alpha value is -1.28. The predicted molar refractivity (Wildman–Crippen MR) is 57.9 cm³/mol. The second-order valence-electron chi connectivity index (χ2n) is 3.22. The van der Waals surface area contributed by atoms with E-state index < -0.39 is 0 Å². The normalized spacial score (nSPS) is 10.4. The van der Waals surface area contributed by atoms with Crippen molar-refractivity contribution in [3.05, 3.63) is 48.0 Å². The number of benzene rings is 1. The number of hydrogen-bond donors (Lipinski definition) is 0. The first kappa shape index (κ1) is 9.28. The monoisotopic (exact) mass is 206 g/mol. The maximum atomic E-state index is 5.71. The fourth-order valence-electron chi connectivity index (χ4n) is 1.32. The molecule has 0 saturated carbocycles. The summed E-state index contributed by atoms with van der Waals surface area (Å²) in [5.41, 5.74) is 3.26. The molecule has 3 heteroatoms. The summed E-state index contributed by atoms with van der Waals surface area (Å²) >= 11 is 5.71. The highest BCUT2D eigenvalue weighted by molar-refractivity contribution is 6.17. The Morgan fingerprint density at radius 1 is 1.29 bits per heavy atom. The summed E-state index contributed by atoms with van der Waals surface area (Å²) in [7, 11) is 0. The number of imidazole rings is 1. The van der Waals surface area contributed by atoms with Gasteiger partial charge in [0.2, 0.25) is 0 Å². The van der Waals surface area contributed by atoms with Gasteiger partial charge < -0.3 is 4.57 Å². The summed E-state index contributed by atoms with van der Waals surface area (Å²) in [6, 6.07) is 8.13. The number of rotatable bonds is 2. The van der Waals surface area contributed by atoms with E-state index in [1.165, 1.54) is 0 Å². The maximum absolute atomic E-state index is 5.71. The van der Waals surface area contributed by atoms with Crippen LogP contribution in [-0.2, 0) is 5.88 Å². The van der Waals surface area contributed by atoms with Gasteiger partial charge in [0.1, 0.15) is 0 Å². The molecular weight excluding hydrogens is 196 g/mol. The lowest BCUT2D eigenvalue weighted by molar-refractivity contribution is 1.05. The number of hydrogen-bond acceptors (Lipinski definition) is 1. The second-order valence-corrected chi connectivity index (χ2v) is 3.49. The van der Waals surface area contributed by atoms with Crippen molar-refractivity contribution in [1.29, 1.82) is 0 Å². The van der Waals surface area contributed by atoms with Gasteiger partial charge in [-0.15, -0.1) is 11.6 Å². The zero-order valence-corrected chi connectivity index (χ0v) is 8.70. The molecular formula is C11H11ClN2. The molecule has 0 saturated heterocycles. The molecule has 0 atom stereocenters. The highest BCUT2D eigenvalue weighted by Crippen LogP contribution is 2.11. The molecule has 0 aliphatic carbocycles. The highest BCUT2D eigenvalue weighted by atomic mass is 35.5. The van der Waals surface area contributed by atoms with Crippen molar-refractivity contribution in [2.75, 3.05) is 0 Å². The first-order valence-corrected chi connectivity index (χ1v) is 4.99. The summed E-state index contributed by atoms with van der Waals surface area (Å²) in [6.07, 6.45) is 3.81. The van der Waals surface area contributed by atoms with Crippen LogP contribution in [-0.4, -0.2) is 9.55 Å². The summed E-state index contributed by atoms with van der Waals surface area (Å²) < 4.78 is 1.99. The van der Waals surface area contributed by atoms with E-state index in [1.807, 2.05) is 48.3 Å². The molecule has 2 rings (SSSR count). The first-order chi connectivity index (χ1) is 6.79. The molecule has 0 radical (unpaired) electrons. The minimum Gasteiger partial charge on any atom is -0.306 e. The van der Waals surface area contributed by atoms with E-state index in [-0.39, 0.29) is 0 Å². The van der Waals surface area contributed by atoms with E-state index >= 15 is 0 Å². The van der Waals surface area contributed by atoms with Gasteiger partial charge in [-0.3, -0.25) is 0 Å². The predicted octanol–water partition coefficient (Wildman–Crippen LogP) is 2.92. The summed E-state index contributed by atoms with van der Waals surface area (Å²) in [5, 5.41) is 0. The van der Waals surface area contributed by atoms with Crippen LogP contribution in [0.25, 0.3) is 5.69 Å². The van der Waals surface area contributed by atoms with Gasteiger partial charge in [0, 0.05) is 17.8 Å². The molecule has 1 heterocycles. The van der Waals surface area contributed by atoms with Gasteiger partial charge in [-0.2, -0.15) is 0 Å². The van der Waals surface area contributed by atoms with Gasteiger partial charge in [-0.1, -0.05) is 12.1 Å². The minimum atomic E-state index is 0.559. The third-order valence-corrected chi connectivity index (χ3v) is 2.41. The average molecular weight is 207 g/mol. The lowest BCUT2D eigenvalue weighted by Crippen LogP contribution is -1.89. The third kappa shape index (κ3) is 1.80. The van der Waals surface area contributed by atoms with Crippen LogP contribution in [0.3, 0.4) is 0 Å². The number of alkyl halides is 1. The molecule has 0 bridgehead atoms. The van der Waals surface area contributed by atoms with Crippen molar-refractivity contribution in [2.24, 2.45) is 0 Å². The summed E-state index contributed by atoms with van der Waals surface area (Å²) in [4.78, 5) is 4.17. The number of nitrogens with zero attached hydrogens (tertiary/aromatic N) is 2. The summed E-state index contributed by atoms with van der Waals surface area (Å²) in [6.45, 7) is 1.98. The molecule has 0 unspecified atom stereocenters. The van der Waals surface area contributed by atoms with E-state index in [0.29, 0.717) is 5.88 Å². The Bertz CT molecular complexity index is 417. The lowest BCUT2D eigenvalue weighted by Gasteiger charge is -2.02. The molecule has 0 amide bonds. The zero-order valence-electron chi connectivity index (χ0n) is 7.94. The molecule has 14 heavy (non-hydrogen) atoms. The highest BCUT2D eigenvalue weighted by Gasteiger charge is 1.97. The molecule has 2 nitrogen and oxygen atoms in total. The molecule has 2 aromatic rings. The summed E-state index contributed by atoms with van der Waals surface area (Å²) in [5.74, 6) is 0.559. The maximum Gasteiger partial charge on any atom is 0.0995 e. The lowest BCUT2D eigenvalue weighted by atomic mass is 10.2. The minimum absolute atomic E-state index is 0.559. The Morgan fingerprint density at radius 3 is 2.50 bits per heavy atom. The van der Waals surface area contributed by atoms with Crippen molar-refractivity contribution < 1.29 is 0 Å². The third-order valence-electron chi connectivity index (χ3n) is 2.10. The molecule has 0 spiro atoms. The van der Waals surface area contributed by atoms with Gasteiger partial charge in [-0.25, -0.2) is 4.98 Å². The van der Waals surface area contributed by atoms with E-state index in [4.69, 9.17) is 11.6 Å². The van der Waals surface area contributed by atoms with Crippen LogP contribution in [0.2, 0.25) is 0 Å². The van der Waals surface area contributed by atoms with Gasteiger partial charge in [-0.05, 0) is 24.6 Å². The van der Waals surface area contributed by atoms with Crippen LogP contribution in [0.15, 0.2) is 36.8 Å². The van der Waals surface area contributed by atoms with Gasteiger partial charge in [0.05, 0.1) is 12.0 Å². The Morgan fingerprint density at radius 2 is 2.00 bits per heavy atom. The Kier molecular flexibility index (Phi) is 2.55. The van der Waals surface area contributed by atoms with E-state index in [0.717, 1.165) is 16.9 Å². The Balaban J connectivity index is 2.33. The molecule has 1 aromatic heterocycles. The number of aryl methyl sites for hydroxylation is 1. The van der Waals surface area contributed by atoms with Crippen LogP contribution in [0, 0.1) is 6.92 Å². The van der Waals surface area contributed by atoms with Crippen LogP contribution >= 0.6 is 11.6 Å². The second kappa shape index (κ2) is 3.84. The Labute approximate surface area is 88.2 Å². The SMILES string of the molecule is Cc1cn(-c2ccc(CCl)cc2)cn1. The molecule has 0 N–H and O–H groups in total.